The highest BCUT2D eigenvalue weighted by molar-refractivity contribution is 5.67. The third-order valence-corrected chi connectivity index (χ3v) is 4.44. The summed E-state index contributed by atoms with van der Waals surface area (Å²) in [7, 11) is 0. The third kappa shape index (κ3) is 3.31. The Hall–Kier alpha value is -2.95. The Bertz CT molecular complexity index is 881. The van der Waals surface area contributed by atoms with Gasteiger partial charge in [0.15, 0.2) is 0 Å². The van der Waals surface area contributed by atoms with Gasteiger partial charge < -0.3 is 10.2 Å². The molecule has 5 heteroatoms. The number of rotatable bonds is 5. The number of nitrogens with one attached hydrogen (secondary N) is 1. The Morgan fingerprint density at radius 1 is 1.04 bits per heavy atom. The summed E-state index contributed by atoms with van der Waals surface area (Å²) in [6, 6.07) is 17.1. The number of halogens is 1. The fourth-order valence-corrected chi connectivity index (χ4v) is 3.17. The average Bonchev–Trinajstić information content (AvgIpc) is 3.08. The molecule has 3 aromatic rings. The van der Waals surface area contributed by atoms with Crippen LogP contribution in [0.4, 0.5) is 21.8 Å². The van der Waals surface area contributed by atoms with Crippen LogP contribution >= 0.6 is 0 Å². The third-order valence-electron chi connectivity index (χ3n) is 4.44. The molecule has 0 radical (unpaired) electrons. The Balaban J connectivity index is 1.45. The first-order chi connectivity index (χ1) is 12.3. The predicted octanol–water partition coefficient (Wildman–Crippen LogP) is 3.96. The van der Waals surface area contributed by atoms with Crippen molar-refractivity contribution in [2.45, 2.75) is 12.8 Å². The van der Waals surface area contributed by atoms with E-state index in [4.69, 9.17) is 0 Å². The fourth-order valence-electron chi connectivity index (χ4n) is 3.17. The van der Waals surface area contributed by atoms with Gasteiger partial charge >= 0.3 is 0 Å². The van der Waals surface area contributed by atoms with Crippen LogP contribution in [0.25, 0.3) is 0 Å². The Morgan fingerprint density at radius 2 is 1.88 bits per heavy atom. The monoisotopic (exact) mass is 334 g/mol. The van der Waals surface area contributed by atoms with Gasteiger partial charge in [-0.2, -0.15) is 4.98 Å². The number of hydrogen-bond acceptors (Lipinski definition) is 4. The van der Waals surface area contributed by atoms with Gasteiger partial charge in [0.2, 0.25) is 5.95 Å². The number of anilines is 3. The second-order valence-electron chi connectivity index (χ2n) is 6.04. The topological polar surface area (TPSA) is 41.1 Å². The lowest BCUT2D eigenvalue weighted by Crippen LogP contribution is -2.16. The second kappa shape index (κ2) is 6.89. The van der Waals surface area contributed by atoms with E-state index in [0.29, 0.717) is 24.5 Å². The normalized spacial score (nSPS) is 12.9. The van der Waals surface area contributed by atoms with Gasteiger partial charge in [0, 0.05) is 25.0 Å². The number of aromatic nitrogens is 2. The molecule has 0 bridgehead atoms. The minimum absolute atomic E-state index is 0.173. The summed E-state index contributed by atoms with van der Waals surface area (Å²) in [5.74, 6) is 1.28. The molecule has 1 aliphatic heterocycles. The first-order valence-corrected chi connectivity index (χ1v) is 8.47. The van der Waals surface area contributed by atoms with Crippen LogP contribution in [0.5, 0.6) is 0 Å². The lowest BCUT2D eigenvalue weighted by atomic mass is 10.1. The van der Waals surface area contributed by atoms with Crippen LogP contribution in [0.1, 0.15) is 11.1 Å². The lowest BCUT2D eigenvalue weighted by Gasteiger charge is -2.18. The van der Waals surface area contributed by atoms with E-state index in [1.54, 1.807) is 18.3 Å². The van der Waals surface area contributed by atoms with E-state index in [-0.39, 0.29) is 5.82 Å². The lowest BCUT2D eigenvalue weighted by molar-refractivity contribution is 0.610. The van der Waals surface area contributed by atoms with Crippen molar-refractivity contribution in [2.75, 3.05) is 23.3 Å². The molecule has 126 valence electrons. The Labute approximate surface area is 146 Å². The summed E-state index contributed by atoms with van der Waals surface area (Å²) in [4.78, 5) is 11.1. The molecule has 1 aromatic heterocycles. The number of benzene rings is 2. The maximum absolute atomic E-state index is 13.7. The van der Waals surface area contributed by atoms with Crippen LogP contribution in [0.3, 0.4) is 0 Å². The molecule has 25 heavy (non-hydrogen) atoms. The minimum Gasteiger partial charge on any atom is -0.354 e. The summed E-state index contributed by atoms with van der Waals surface area (Å²) in [5, 5.41) is 3.19. The standard InChI is InChI=1S/C20H19FN4/c21-17-7-3-1-5-15(17)9-12-22-20-23-13-10-19(24-20)25-14-11-16-6-2-4-8-18(16)25/h1-8,10,13H,9,11-12,14H2,(H,22,23,24). The molecule has 4 nitrogen and oxygen atoms in total. The quantitative estimate of drug-likeness (QED) is 0.767. The molecule has 0 aliphatic carbocycles. The van der Waals surface area contributed by atoms with Crippen molar-refractivity contribution in [2.24, 2.45) is 0 Å². The maximum Gasteiger partial charge on any atom is 0.224 e. The zero-order chi connectivity index (χ0) is 17.1. The number of para-hydroxylation sites is 1. The summed E-state index contributed by atoms with van der Waals surface area (Å²) in [6.07, 6.45) is 3.37. The van der Waals surface area contributed by atoms with Gasteiger partial charge in [0.05, 0.1) is 0 Å². The summed E-state index contributed by atoms with van der Waals surface area (Å²) in [5.41, 5.74) is 3.24. The molecular weight excluding hydrogens is 315 g/mol. The number of hydrogen-bond donors (Lipinski definition) is 1. The minimum atomic E-state index is -0.173. The van der Waals surface area contributed by atoms with Crippen LogP contribution in [0, 0.1) is 5.82 Å². The van der Waals surface area contributed by atoms with Crippen LogP contribution < -0.4 is 10.2 Å². The molecule has 1 aliphatic rings. The largest absolute Gasteiger partial charge is 0.354 e. The molecule has 2 heterocycles. The van der Waals surface area contributed by atoms with Gasteiger partial charge in [-0.05, 0) is 42.2 Å². The molecule has 0 saturated heterocycles. The van der Waals surface area contributed by atoms with E-state index >= 15 is 0 Å². The van der Waals surface area contributed by atoms with Crippen LogP contribution in [0.15, 0.2) is 60.8 Å². The summed E-state index contributed by atoms with van der Waals surface area (Å²) >= 11 is 0. The first kappa shape index (κ1) is 15.6. The van der Waals surface area contributed by atoms with E-state index in [0.717, 1.165) is 18.8 Å². The maximum atomic E-state index is 13.7. The van der Waals surface area contributed by atoms with Crippen LogP contribution in [-0.4, -0.2) is 23.1 Å². The van der Waals surface area contributed by atoms with E-state index in [9.17, 15) is 4.39 Å². The van der Waals surface area contributed by atoms with Gasteiger partial charge in [-0.25, -0.2) is 9.37 Å². The smallest absolute Gasteiger partial charge is 0.224 e. The first-order valence-electron chi connectivity index (χ1n) is 8.47. The molecule has 0 spiro atoms. The SMILES string of the molecule is Fc1ccccc1CCNc1nccc(N2CCc3ccccc32)n1. The van der Waals surface area contributed by atoms with Crippen molar-refractivity contribution in [3.63, 3.8) is 0 Å². The van der Waals surface area contributed by atoms with Gasteiger partial charge in [-0.1, -0.05) is 36.4 Å². The van der Waals surface area contributed by atoms with Crippen molar-refractivity contribution in [3.05, 3.63) is 77.7 Å². The fraction of sp³-hybridized carbons (Fsp3) is 0.200. The van der Waals surface area contributed by atoms with Gasteiger partial charge in [0.25, 0.3) is 0 Å². The second-order valence-corrected chi connectivity index (χ2v) is 6.04. The highest BCUT2D eigenvalue weighted by Crippen LogP contribution is 2.33. The van der Waals surface area contributed by atoms with E-state index in [1.165, 1.54) is 17.3 Å². The highest BCUT2D eigenvalue weighted by Gasteiger charge is 2.20. The summed E-state index contributed by atoms with van der Waals surface area (Å²) in [6.45, 7) is 1.51. The molecule has 0 fully saturated rings. The molecular formula is C20H19FN4. The van der Waals surface area contributed by atoms with Crippen LogP contribution in [0.2, 0.25) is 0 Å². The zero-order valence-corrected chi connectivity index (χ0v) is 13.8. The highest BCUT2D eigenvalue weighted by atomic mass is 19.1. The molecule has 4 rings (SSSR count). The van der Waals surface area contributed by atoms with Crippen molar-refractivity contribution < 1.29 is 4.39 Å². The van der Waals surface area contributed by atoms with Crippen molar-refractivity contribution >= 4 is 17.5 Å². The molecule has 2 aromatic carbocycles. The van der Waals surface area contributed by atoms with Crippen molar-refractivity contribution in [1.29, 1.82) is 0 Å². The number of fused-ring (bicyclic) bond motifs is 1. The molecule has 1 N–H and O–H groups in total. The van der Waals surface area contributed by atoms with E-state index in [2.05, 4.69) is 38.4 Å². The zero-order valence-electron chi connectivity index (χ0n) is 13.8. The predicted molar refractivity (Wildman–Crippen MR) is 97.8 cm³/mol. The van der Waals surface area contributed by atoms with Gasteiger partial charge in [-0.3, -0.25) is 0 Å². The van der Waals surface area contributed by atoms with E-state index < -0.39 is 0 Å². The molecule has 0 unspecified atom stereocenters. The van der Waals surface area contributed by atoms with Crippen molar-refractivity contribution in [3.8, 4) is 0 Å². The molecule has 0 atom stereocenters. The van der Waals surface area contributed by atoms with Crippen molar-refractivity contribution in [1.82, 2.24) is 9.97 Å². The van der Waals surface area contributed by atoms with E-state index in [1.807, 2.05) is 18.2 Å². The van der Waals surface area contributed by atoms with Crippen LogP contribution in [-0.2, 0) is 12.8 Å². The van der Waals surface area contributed by atoms with Gasteiger partial charge in [0.1, 0.15) is 11.6 Å². The number of nitrogens with zero attached hydrogens (tertiary/aromatic N) is 3. The average molecular weight is 334 g/mol. The van der Waals surface area contributed by atoms with Gasteiger partial charge in [-0.15, -0.1) is 0 Å². The summed E-state index contributed by atoms with van der Waals surface area (Å²) < 4.78 is 13.7. The molecule has 0 amide bonds. The molecule has 0 saturated carbocycles. The Morgan fingerprint density at radius 3 is 2.80 bits per heavy atom. The Kier molecular flexibility index (Phi) is 4.29.